The predicted octanol–water partition coefficient (Wildman–Crippen LogP) is 3.66. The minimum Gasteiger partial charge on any atom is -0.481 e. The van der Waals surface area contributed by atoms with Crippen LogP contribution in [0.15, 0.2) is 12.1 Å². The first-order valence-electron chi connectivity index (χ1n) is 6.00. The largest absolute Gasteiger partial charge is 0.481 e. The van der Waals surface area contributed by atoms with Crippen LogP contribution in [0.5, 0.6) is 0 Å². The zero-order valence-corrected chi connectivity index (χ0v) is 11.4. The van der Waals surface area contributed by atoms with E-state index in [9.17, 15) is 4.79 Å². The van der Waals surface area contributed by atoms with Crippen molar-refractivity contribution < 1.29 is 9.90 Å². The first-order chi connectivity index (χ1) is 7.71. The lowest BCUT2D eigenvalue weighted by atomic mass is 9.81. The minimum absolute atomic E-state index is 0.196. The first kappa shape index (κ1) is 13.8. The molecule has 0 aliphatic rings. The second kappa shape index (κ2) is 4.91. The van der Waals surface area contributed by atoms with Crippen molar-refractivity contribution in [1.82, 2.24) is 0 Å². The van der Waals surface area contributed by atoms with Gasteiger partial charge in [-0.25, -0.2) is 0 Å². The molecule has 0 radical (unpaired) electrons. The highest BCUT2D eigenvalue weighted by Crippen LogP contribution is 2.28. The topological polar surface area (TPSA) is 37.3 Å². The molecule has 0 bridgehead atoms. The van der Waals surface area contributed by atoms with E-state index in [2.05, 4.69) is 32.9 Å². The Morgan fingerprint density at radius 2 is 1.65 bits per heavy atom. The normalized spacial score (nSPS) is 11.6. The molecule has 2 nitrogen and oxygen atoms in total. The molecule has 94 valence electrons. The number of carboxylic acids is 1. The molecular weight excluding hydrogens is 212 g/mol. The second-order valence-corrected chi connectivity index (χ2v) is 5.77. The van der Waals surface area contributed by atoms with Crippen LogP contribution in [0.1, 0.15) is 42.5 Å². The summed E-state index contributed by atoms with van der Waals surface area (Å²) in [7, 11) is 0. The van der Waals surface area contributed by atoms with Gasteiger partial charge in [-0.2, -0.15) is 0 Å². The predicted molar refractivity (Wildman–Crippen MR) is 70.4 cm³/mol. The number of aryl methyl sites for hydroxylation is 3. The highest BCUT2D eigenvalue weighted by atomic mass is 16.4. The lowest BCUT2D eigenvalue weighted by molar-refractivity contribution is -0.139. The Kier molecular flexibility index (Phi) is 3.97. The average molecular weight is 234 g/mol. The van der Waals surface area contributed by atoms with Gasteiger partial charge in [-0.05, 0) is 54.9 Å². The number of rotatable bonds is 4. The van der Waals surface area contributed by atoms with E-state index in [1.54, 1.807) is 0 Å². The summed E-state index contributed by atoms with van der Waals surface area (Å²) in [6.07, 6.45) is 1.02. The molecule has 0 aliphatic carbocycles. The molecule has 0 unspecified atom stereocenters. The quantitative estimate of drug-likeness (QED) is 0.863. The average Bonchev–Trinajstić information content (AvgIpc) is 2.11. The summed E-state index contributed by atoms with van der Waals surface area (Å²) < 4.78 is 0. The van der Waals surface area contributed by atoms with Crippen molar-refractivity contribution >= 4 is 5.97 Å². The van der Waals surface area contributed by atoms with Gasteiger partial charge in [0.25, 0.3) is 0 Å². The molecule has 0 heterocycles. The van der Waals surface area contributed by atoms with Crippen LogP contribution in [-0.4, -0.2) is 11.1 Å². The van der Waals surface area contributed by atoms with Crippen molar-refractivity contribution in [2.75, 3.05) is 0 Å². The second-order valence-electron chi connectivity index (χ2n) is 5.77. The van der Waals surface area contributed by atoms with E-state index in [0.29, 0.717) is 0 Å². The molecule has 17 heavy (non-hydrogen) atoms. The van der Waals surface area contributed by atoms with Crippen LogP contribution in [0, 0.1) is 26.2 Å². The lowest BCUT2D eigenvalue weighted by Gasteiger charge is -2.24. The molecule has 1 N–H and O–H groups in total. The van der Waals surface area contributed by atoms with Gasteiger partial charge in [0.2, 0.25) is 0 Å². The Labute approximate surface area is 104 Å². The number of hydrogen-bond acceptors (Lipinski definition) is 1. The Bertz CT molecular complexity index is 431. The maximum absolute atomic E-state index is 10.8. The first-order valence-corrected chi connectivity index (χ1v) is 6.00. The van der Waals surface area contributed by atoms with Gasteiger partial charge in [-0.1, -0.05) is 26.0 Å². The summed E-state index contributed by atoms with van der Waals surface area (Å²) in [5.74, 6) is -0.725. The van der Waals surface area contributed by atoms with Crippen LogP contribution in [0.3, 0.4) is 0 Å². The number of carboxylic acid groups (broad SMARTS) is 1. The van der Waals surface area contributed by atoms with Crippen molar-refractivity contribution in [3.05, 3.63) is 34.4 Å². The Balaban J connectivity index is 2.95. The van der Waals surface area contributed by atoms with Crippen LogP contribution in [0.4, 0.5) is 0 Å². The fourth-order valence-corrected chi connectivity index (χ4v) is 2.20. The van der Waals surface area contributed by atoms with E-state index in [1.165, 1.54) is 22.3 Å². The van der Waals surface area contributed by atoms with Crippen molar-refractivity contribution in [2.45, 2.75) is 47.5 Å². The standard InChI is InChI=1S/C15H22O2/c1-10-6-12(3)13(7-11(10)2)8-15(4,5)9-14(16)17/h6-7H,8-9H2,1-5H3,(H,16,17). The third-order valence-electron chi connectivity index (χ3n) is 3.25. The zero-order chi connectivity index (χ0) is 13.2. The van der Waals surface area contributed by atoms with Crippen LogP contribution < -0.4 is 0 Å². The van der Waals surface area contributed by atoms with Gasteiger partial charge in [0, 0.05) is 0 Å². The van der Waals surface area contributed by atoms with Gasteiger partial charge in [-0.3, -0.25) is 4.79 Å². The molecule has 0 amide bonds. The number of aliphatic carboxylic acids is 1. The Morgan fingerprint density at radius 3 is 2.18 bits per heavy atom. The summed E-state index contributed by atoms with van der Waals surface area (Å²) in [6.45, 7) is 10.3. The lowest BCUT2D eigenvalue weighted by Crippen LogP contribution is -2.20. The summed E-state index contributed by atoms with van der Waals surface area (Å²) in [5.41, 5.74) is 4.89. The van der Waals surface area contributed by atoms with Gasteiger partial charge in [-0.15, -0.1) is 0 Å². The highest BCUT2D eigenvalue weighted by Gasteiger charge is 2.23. The molecule has 0 saturated heterocycles. The van der Waals surface area contributed by atoms with Crippen LogP contribution >= 0.6 is 0 Å². The molecule has 2 heteroatoms. The third-order valence-corrected chi connectivity index (χ3v) is 3.25. The molecule has 0 aliphatic heterocycles. The summed E-state index contributed by atoms with van der Waals surface area (Å²) >= 11 is 0. The summed E-state index contributed by atoms with van der Waals surface area (Å²) in [4.78, 5) is 10.8. The summed E-state index contributed by atoms with van der Waals surface area (Å²) in [5, 5.41) is 8.90. The number of hydrogen-bond donors (Lipinski definition) is 1. The van der Waals surface area contributed by atoms with Crippen molar-refractivity contribution in [1.29, 1.82) is 0 Å². The molecule has 0 aromatic heterocycles. The van der Waals surface area contributed by atoms with E-state index < -0.39 is 5.97 Å². The van der Waals surface area contributed by atoms with Gasteiger partial charge in [0.15, 0.2) is 0 Å². The maximum atomic E-state index is 10.8. The van der Waals surface area contributed by atoms with Crippen molar-refractivity contribution in [3.8, 4) is 0 Å². The van der Waals surface area contributed by atoms with E-state index in [-0.39, 0.29) is 11.8 Å². The van der Waals surface area contributed by atoms with E-state index >= 15 is 0 Å². The summed E-state index contributed by atoms with van der Waals surface area (Å²) in [6, 6.07) is 4.37. The van der Waals surface area contributed by atoms with Crippen LogP contribution in [-0.2, 0) is 11.2 Å². The molecule has 1 rings (SSSR count). The van der Waals surface area contributed by atoms with Crippen molar-refractivity contribution in [2.24, 2.45) is 5.41 Å². The number of benzene rings is 1. The fourth-order valence-electron chi connectivity index (χ4n) is 2.20. The number of carbonyl (C=O) groups is 1. The molecule has 0 fully saturated rings. The Hall–Kier alpha value is -1.31. The van der Waals surface area contributed by atoms with Crippen LogP contribution in [0.2, 0.25) is 0 Å². The smallest absolute Gasteiger partial charge is 0.303 e. The van der Waals surface area contributed by atoms with Gasteiger partial charge < -0.3 is 5.11 Å². The van der Waals surface area contributed by atoms with E-state index in [0.717, 1.165) is 6.42 Å². The van der Waals surface area contributed by atoms with Crippen LogP contribution in [0.25, 0.3) is 0 Å². The molecule has 0 saturated carbocycles. The Morgan fingerprint density at radius 1 is 1.12 bits per heavy atom. The minimum atomic E-state index is -0.725. The monoisotopic (exact) mass is 234 g/mol. The van der Waals surface area contributed by atoms with E-state index in [1.807, 2.05) is 13.8 Å². The molecule has 0 spiro atoms. The molecule has 1 aromatic carbocycles. The maximum Gasteiger partial charge on any atom is 0.303 e. The van der Waals surface area contributed by atoms with Gasteiger partial charge in [0.05, 0.1) is 6.42 Å². The fraction of sp³-hybridized carbons (Fsp3) is 0.533. The van der Waals surface area contributed by atoms with Crippen molar-refractivity contribution in [3.63, 3.8) is 0 Å². The highest BCUT2D eigenvalue weighted by molar-refractivity contribution is 5.67. The van der Waals surface area contributed by atoms with Gasteiger partial charge >= 0.3 is 5.97 Å². The molecular formula is C15H22O2. The SMILES string of the molecule is Cc1cc(C)c(CC(C)(C)CC(=O)O)cc1C. The molecule has 1 aromatic rings. The van der Waals surface area contributed by atoms with Gasteiger partial charge in [0.1, 0.15) is 0 Å². The molecule has 0 atom stereocenters. The third kappa shape index (κ3) is 3.88. The van der Waals surface area contributed by atoms with E-state index in [4.69, 9.17) is 5.11 Å². The zero-order valence-electron chi connectivity index (χ0n) is 11.4.